The Kier molecular flexibility index (Phi) is 6.53. The highest BCUT2D eigenvalue weighted by Crippen LogP contribution is 2.37. The molecule has 0 bridgehead atoms. The van der Waals surface area contributed by atoms with Gasteiger partial charge in [0.1, 0.15) is 22.9 Å². The molecule has 2 aromatic rings. The molecule has 0 spiro atoms. The second-order valence-corrected chi connectivity index (χ2v) is 8.78. The Morgan fingerprint density at radius 3 is 2.70 bits per heavy atom. The molecule has 12 heteroatoms. The van der Waals surface area contributed by atoms with Gasteiger partial charge >= 0.3 is 6.09 Å². The van der Waals surface area contributed by atoms with Gasteiger partial charge in [0.05, 0.1) is 30.9 Å². The first kappa shape index (κ1) is 23.9. The van der Waals surface area contributed by atoms with Crippen LogP contribution >= 0.6 is 0 Å². The second-order valence-electron chi connectivity index (χ2n) is 8.78. The van der Waals surface area contributed by atoms with Crippen molar-refractivity contribution < 1.29 is 23.1 Å². The lowest BCUT2D eigenvalue weighted by Gasteiger charge is -2.43. The second kappa shape index (κ2) is 9.01. The Labute approximate surface area is 189 Å². The smallest absolute Gasteiger partial charge is 0.410 e. The van der Waals surface area contributed by atoms with Crippen molar-refractivity contribution in [2.24, 2.45) is 5.73 Å². The summed E-state index contributed by atoms with van der Waals surface area (Å²) in [5.74, 6) is -1.51. The van der Waals surface area contributed by atoms with Crippen molar-refractivity contribution in [1.29, 1.82) is 5.26 Å². The molecular weight excluding hydrogens is 436 g/mol. The third-order valence-corrected chi connectivity index (χ3v) is 5.24. The molecule has 10 nitrogen and oxygen atoms in total. The molecule has 1 aliphatic rings. The molecule has 3 N–H and O–H groups in total. The maximum Gasteiger partial charge on any atom is 0.410 e. The van der Waals surface area contributed by atoms with Crippen LogP contribution in [0.5, 0.6) is 0 Å². The summed E-state index contributed by atoms with van der Waals surface area (Å²) in [5.41, 5.74) is 3.59. The number of halogens is 2. The number of carbonyl (C=O) groups excluding carboxylic acids is 2. The van der Waals surface area contributed by atoms with Crippen LogP contribution in [0.3, 0.4) is 0 Å². The number of pyridine rings is 1. The summed E-state index contributed by atoms with van der Waals surface area (Å²) in [4.78, 5) is 29.2. The van der Waals surface area contributed by atoms with Crippen molar-refractivity contribution in [2.45, 2.75) is 50.9 Å². The van der Waals surface area contributed by atoms with Crippen LogP contribution < -0.4 is 11.1 Å². The quantitative estimate of drug-likeness (QED) is 0.653. The van der Waals surface area contributed by atoms with Gasteiger partial charge in [-0.2, -0.15) is 14.8 Å². The molecule has 1 fully saturated rings. The number of hydrogen-bond acceptors (Lipinski definition) is 7. The minimum Gasteiger partial charge on any atom is -0.444 e. The highest BCUT2D eigenvalue weighted by Gasteiger charge is 2.48. The van der Waals surface area contributed by atoms with Crippen molar-refractivity contribution in [2.75, 3.05) is 18.4 Å². The van der Waals surface area contributed by atoms with E-state index in [4.69, 9.17) is 10.5 Å². The first-order valence-electron chi connectivity index (χ1n) is 10.2. The molecule has 2 aromatic heterocycles. The minimum atomic E-state index is -1.68. The molecule has 176 valence electrons. The van der Waals surface area contributed by atoms with Crippen LogP contribution in [0.1, 0.15) is 44.0 Å². The van der Waals surface area contributed by atoms with Crippen molar-refractivity contribution in [3.63, 3.8) is 0 Å². The van der Waals surface area contributed by atoms with Crippen LogP contribution in [0.15, 0.2) is 24.5 Å². The van der Waals surface area contributed by atoms with Crippen LogP contribution in [0.25, 0.3) is 0 Å². The third-order valence-electron chi connectivity index (χ3n) is 5.24. The maximum atomic E-state index is 15.6. The van der Waals surface area contributed by atoms with Crippen LogP contribution in [0.2, 0.25) is 0 Å². The highest BCUT2D eigenvalue weighted by molar-refractivity contribution is 5.98. The monoisotopic (exact) mass is 461 g/mol. The summed E-state index contributed by atoms with van der Waals surface area (Å²) in [7, 11) is 0. The number of anilines is 2. The van der Waals surface area contributed by atoms with Crippen LogP contribution in [-0.4, -0.2) is 56.5 Å². The van der Waals surface area contributed by atoms with Gasteiger partial charge in [0, 0.05) is 12.7 Å². The Morgan fingerprint density at radius 1 is 1.42 bits per heavy atom. The predicted molar refractivity (Wildman–Crippen MR) is 114 cm³/mol. The summed E-state index contributed by atoms with van der Waals surface area (Å²) >= 11 is 0. The summed E-state index contributed by atoms with van der Waals surface area (Å²) in [6.07, 6.45) is -0.0676. The molecule has 33 heavy (non-hydrogen) atoms. The number of rotatable bonds is 5. The zero-order valence-electron chi connectivity index (χ0n) is 18.5. The highest BCUT2D eigenvalue weighted by atomic mass is 19.1. The van der Waals surface area contributed by atoms with Gasteiger partial charge in [-0.05, 0) is 39.3 Å². The van der Waals surface area contributed by atoms with E-state index in [0.29, 0.717) is 5.69 Å². The van der Waals surface area contributed by atoms with E-state index in [1.54, 1.807) is 20.8 Å². The number of nitrogens with zero attached hydrogens (tertiary/aromatic N) is 5. The average molecular weight is 461 g/mol. The van der Waals surface area contributed by atoms with Gasteiger partial charge in [0.25, 0.3) is 5.91 Å². The largest absolute Gasteiger partial charge is 0.444 e. The maximum absolute atomic E-state index is 15.6. The lowest BCUT2D eigenvalue weighted by Crippen LogP contribution is -2.56. The number of aromatic nitrogens is 3. The molecule has 3 rings (SSSR count). The van der Waals surface area contributed by atoms with E-state index in [-0.39, 0.29) is 37.3 Å². The first-order chi connectivity index (χ1) is 15.4. The molecule has 2 amide bonds. The molecule has 3 heterocycles. The van der Waals surface area contributed by atoms with Crippen LogP contribution in [-0.2, 0) is 10.3 Å². The number of nitrogens with two attached hydrogens (primary N) is 1. The molecule has 0 aliphatic carbocycles. The number of nitrogens with one attached hydrogen (secondary N) is 1. The number of piperidine rings is 1. The van der Waals surface area contributed by atoms with Crippen LogP contribution in [0.4, 0.5) is 25.1 Å². The SMILES string of the molecule is CC(C)(C)OC(=O)N1CCC(CC#N)(n2cc(C(N)=O)c(Nc3ccc(F)nc3)n2)C(F)C1. The molecule has 1 saturated heterocycles. The van der Waals surface area contributed by atoms with Gasteiger partial charge in [0.15, 0.2) is 5.82 Å². The normalized spacial score (nSPS) is 20.7. The standard InChI is InChI=1S/C21H25F2N7O3/c1-20(2,3)33-19(32)29-9-7-21(6-8-24,15(22)12-29)30-11-14(17(25)31)18(28-30)27-13-4-5-16(23)26-10-13/h4-5,10-11,15H,6-7,9,12H2,1-3H3,(H2,25,31)(H,27,28). The third kappa shape index (κ3) is 5.19. The molecule has 2 unspecified atom stereocenters. The van der Waals surface area contributed by atoms with Gasteiger partial charge in [-0.1, -0.05) is 0 Å². The molecule has 0 radical (unpaired) electrons. The molecule has 0 saturated carbocycles. The van der Waals surface area contributed by atoms with Gasteiger partial charge in [-0.15, -0.1) is 0 Å². The summed E-state index contributed by atoms with van der Waals surface area (Å²) in [5, 5.41) is 16.5. The number of primary amides is 1. The zero-order valence-corrected chi connectivity index (χ0v) is 18.5. The van der Waals surface area contributed by atoms with E-state index in [2.05, 4.69) is 15.4 Å². The number of alkyl halides is 1. The van der Waals surface area contributed by atoms with Crippen molar-refractivity contribution >= 4 is 23.5 Å². The van der Waals surface area contributed by atoms with E-state index in [0.717, 1.165) is 6.07 Å². The van der Waals surface area contributed by atoms with Gasteiger partial charge in [-0.3, -0.25) is 9.48 Å². The Morgan fingerprint density at radius 2 is 2.15 bits per heavy atom. The van der Waals surface area contributed by atoms with Crippen LogP contribution in [0, 0.1) is 17.3 Å². The fourth-order valence-corrected chi connectivity index (χ4v) is 3.57. The minimum absolute atomic E-state index is 0.00925. The molecule has 1 aliphatic heterocycles. The number of amides is 2. The van der Waals surface area contributed by atoms with Gasteiger partial charge in [0.2, 0.25) is 5.95 Å². The van der Waals surface area contributed by atoms with Crippen molar-refractivity contribution in [3.05, 3.63) is 36.0 Å². The summed E-state index contributed by atoms with van der Waals surface area (Å²) in [6.45, 7) is 4.94. The molecule has 2 atom stereocenters. The lowest BCUT2D eigenvalue weighted by atomic mass is 9.83. The number of nitriles is 1. The topological polar surface area (TPSA) is 139 Å². The fourth-order valence-electron chi connectivity index (χ4n) is 3.57. The zero-order chi connectivity index (χ0) is 24.4. The van der Waals surface area contributed by atoms with E-state index < -0.39 is 35.3 Å². The Hall–Kier alpha value is -3.75. The van der Waals surface area contributed by atoms with E-state index in [9.17, 15) is 19.2 Å². The Balaban J connectivity index is 1.91. The number of hydrogen-bond donors (Lipinski definition) is 2. The molecular formula is C21H25F2N7O3. The van der Waals surface area contributed by atoms with Gasteiger partial charge < -0.3 is 20.7 Å². The number of carbonyl (C=O) groups is 2. The fraction of sp³-hybridized carbons (Fsp3) is 0.476. The molecule has 0 aromatic carbocycles. The van der Waals surface area contributed by atoms with Crippen molar-refractivity contribution in [1.82, 2.24) is 19.7 Å². The summed E-state index contributed by atoms with van der Waals surface area (Å²) in [6, 6.07) is 4.48. The van der Waals surface area contributed by atoms with Crippen molar-refractivity contribution in [3.8, 4) is 6.07 Å². The van der Waals surface area contributed by atoms with E-state index in [1.165, 1.54) is 28.0 Å². The van der Waals surface area contributed by atoms with E-state index in [1.807, 2.05) is 6.07 Å². The lowest BCUT2D eigenvalue weighted by molar-refractivity contribution is -0.0179. The van der Waals surface area contributed by atoms with Gasteiger partial charge in [-0.25, -0.2) is 14.2 Å². The average Bonchev–Trinajstić information content (AvgIpc) is 3.14. The number of likely N-dealkylation sites (tertiary alicyclic amines) is 1. The van der Waals surface area contributed by atoms with E-state index >= 15 is 4.39 Å². The first-order valence-corrected chi connectivity index (χ1v) is 10.2. The Bertz CT molecular complexity index is 1080. The number of ether oxygens (including phenoxy) is 1. The predicted octanol–water partition coefficient (Wildman–Crippen LogP) is 2.85. The summed E-state index contributed by atoms with van der Waals surface area (Å²) < 4.78 is 35.2.